The molecule has 0 N–H and O–H groups in total. The van der Waals surface area contributed by atoms with Crippen molar-refractivity contribution in [3.8, 4) is 0 Å². The number of nitrogens with zero attached hydrogens (tertiary/aromatic N) is 1. The maximum Gasteiger partial charge on any atom is 0.0398 e. The third kappa shape index (κ3) is 3.13. The highest BCUT2D eigenvalue weighted by Crippen LogP contribution is 2.26. The number of para-hydroxylation sites is 1. The number of hydrogen-bond donors (Lipinski definition) is 0. The maximum atomic E-state index is 4.07. The van der Waals surface area contributed by atoms with E-state index >= 15 is 0 Å². The molecular weight excluding hydrogens is 218 g/mol. The Morgan fingerprint density at radius 1 is 1.33 bits per heavy atom. The van der Waals surface area contributed by atoms with Gasteiger partial charge in [0.2, 0.25) is 0 Å². The van der Waals surface area contributed by atoms with Gasteiger partial charge in [0, 0.05) is 18.8 Å². The number of aryl methyl sites for hydroxylation is 1. The van der Waals surface area contributed by atoms with E-state index in [9.17, 15) is 0 Å². The maximum absolute atomic E-state index is 4.07. The number of allylic oxidation sites excluding steroid dienone is 3. The first-order valence-corrected chi connectivity index (χ1v) is 6.61. The largest absolute Gasteiger partial charge is 0.371 e. The highest BCUT2D eigenvalue weighted by molar-refractivity contribution is 5.55. The SMILES string of the molecule is C=CC=CC(=C)CCN1CCCc2ccccc21. The summed E-state index contributed by atoms with van der Waals surface area (Å²) in [5.41, 5.74) is 4.05. The normalized spacial score (nSPS) is 14.6. The summed E-state index contributed by atoms with van der Waals surface area (Å²) in [5.74, 6) is 0. The summed E-state index contributed by atoms with van der Waals surface area (Å²) in [6.07, 6.45) is 9.27. The van der Waals surface area contributed by atoms with Crippen LogP contribution in [0.15, 0.2) is 61.2 Å². The number of rotatable bonds is 5. The van der Waals surface area contributed by atoms with Crippen molar-refractivity contribution in [1.82, 2.24) is 0 Å². The lowest BCUT2D eigenvalue weighted by molar-refractivity contribution is 0.689. The van der Waals surface area contributed by atoms with Crippen LogP contribution in [-0.2, 0) is 6.42 Å². The van der Waals surface area contributed by atoms with Crippen LogP contribution >= 0.6 is 0 Å². The minimum atomic E-state index is 1.01. The van der Waals surface area contributed by atoms with E-state index in [-0.39, 0.29) is 0 Å². The topological polar surface area (TPSA) is 3.24 Å². The summed E-state index contributed by atoms with van der Waals surface area (Å²) in [6.45, 7) is 9.96. The second kappa shape index (κ2) is 6.25. The molecule has 0 radical (unpaired) electrons. The molecule has 0 spiro atoms. The third-order valence-electron chi connectivity index (χ3n) is 3.38. The van der Waals surface area contributed by atoms with Crippen LogP contribution in [0.25, 0.3) is 0 Å². The van der Waals surface area contributed by atoms with Crippen LogP contribution in [0.2, 0.25) is 0 Å². The van der Waals surface area contributed by atoms with E-state index in [0.29, 0.717) is 0 Å². The van der Waals surface area contributed by atoms with Gasteiger partial charge >= 0.3 is 0 Å². The van der Waals surface area contributed by atoms with Crippen molar-refractivity contribution in [2.45, 2.75) is 19.3 Å². The highest BCUT2D eigenvalue weighted by Gasteiger charge is 2.15. The molecule has 0 amide bonds. The molecular formula is C17H21N. The standard InChI is InChI=1S/C17H21N/c1-3-4-8-15(2)12-14-18-13-7-10-16-9-5-6-11-17(16)18/h3-6,8-9,11H,1-2,7,10,12-14H2. The summed E-state index contributed by atoms with van der Waals surface area (Å²) in [5, 5.41) is 0. The molecule has 2 rings (SSSR count). The second-order valence-electron chi connectivity index (χ2n) is 4.72. The first-order chi connectivity index (χ1) is 8.81. The Kier molecular flexibility index (Phi) is 4.40. The van der Waals surface area contributed by atoms with Crippen molar-refractivity contribution in [3.63, 3.8) is 0 Å². The van der Waals surface area contributed by atoms with E-state index in [2.05, 4.69) is 42.3 Å². The lowest BCUT2D eigenvalue weighted by Crippen LogP contribution is -2.30. The van der Waals surface area contributed by atoms with Gasteiger partial charge in [-0.1, -0.05) is 55.2 Å². The van der Waals surface area contributed by atoms with Crippen molar-refractivity contribution in [2.24, 2.45) is 0 Å². The van der Waals surface area contributed by atoms with E-state index in [1.165, 1.54) is 24.1 Å². The predicted octanol–water partition coefficient (Wildman–Crippen LogP) is 4.13. The first kappa shape index (κ1) is 12.7. The Bertz CT molecular complexity index is 456. The van der Waals surface area contributed by atoms with E-state index in [0.717, 1.165) is 25.1 Å². The number of benzene rings is 1. The molecule has 0 atom stereocenters. The van der Waals surface area contributed by atoms with Crippen LogP contribution in [-0.4, -0.2) is 13.1 Å². The fraction of sp³-hybridized carbons (Fsp3) is 0.294. The molecule has 1 aromatic carbocycles. The van der Waals surface area contributed by atoms with Gasteiger partial charge in [0.15, 0.2) is 0 Å². The van der Waals surface area contributed by atoms with Gasteiger partial charge in [0.25, 0.3) is 0 Å². The Morgan fingerprint density at radius 2 is 2.17 bits per heavy atom. The van der Waals surface area contributed by atoms with Crippen molar-refractivity contribution >= 4 is 5.69 Å². The summed E-state index contributed by atoms with van der Waals surface area (Å²) in [4.78, 5) is 2.48. The van der Waals surface area contributed by atoms with Gasteiger partial charge in [-0.3, -0.25) is 0 Å². The van der Waals surface area contributed by atoms with Crippen LogP contribution < -0.4 is 4.90 Å². The fourth-order valence-corrected chi connectivity index (χ4v) is 2.41. The molecule has 1 aliphatic heterocycles. The highest BCUT2D eigenvalue weighted by atomic mass is 15.1. The summed E-state index contributed by atoms with van der Waals surface area (Å²) in [7, 11) is 0. The molecule has 18 heavy (non-hydrogen) atoms. The zero-order chi connectivity index (χ0) is 12.8. The Morgan fingerprint density at radius 3 is 3.00 bits per heavy atom. The average Bonchev–Trinajstić information content (AvgIpc) is 2.42. The zero-order valence-corrected chi connectivity index (χ0v) is 10.9. The lowest BCUT2D eigenvalue weighted by atomic mass is 10.0. The summed E-state index contributed by atoms with van der Waals surface area (Å²) >= 11 is 0. The van der Waals surface area contributed by atoms with Gasteiger partial charge in [0.1, 0.15) is 0 Å². The lowest BCUT2D eigenvalue weighted by Gasteiger charge is -2.31. The molecule has 0 saturated carbocycles. The van der Waals surface area contributed by atoms with Gasteiger partial charge in [-0.2, -0.15) is 0 Å². The molecule has 1 heteroatoms. The molecule has 1 aromatic rings. The number of fused-ring (bicyclic) bond motifs is 1. The molecule has 1 nitrogen and oxygen atoms in total. The fourth-order valence-electron chi connectivity index (χ4n) is 2.41. The summed E-state index contributed by atoms with van der Waals surface area (Å²) < 4.78 is 0. The Labute approximate surface area is 110 Å². The summed E-state index contributed by atoms with van der Waals surface area (Å²) in [6, 6.07) is 8.74. The van der Waals surface area contributed by atoms with Crippen LogP contribution in [0.5, 0.6) is 0 Å². The smallest absolute Gasteiger partial charge is 0.0398 e. The Hall–Kier alpha value is -1.76. The molecule has 0 aromatic heterocycles. The van der Waals surface area contributed by atoms with Crippen LogP contribution in [0.1, 0.15) is 18.4 Å². The van der Waals surface area contributed by atoms with E-state index in [1.807, 2.05) is 12.2 Å². The van der Waals surface area contributed by atoms with Gasteiger partial charge < -0.3 is 4.90 Å². The molecule has 1 aliphatic rings. The van der Waals surface area contributed by atoms with Crippen molar-refractivity contribution in [3.05, 3.63) is 66.8 Å². The van der Waals surface area contributed by atoms with Gasteiger partial charge in [-0.25, -0.2) is 0 Å². The third-order valence-corrected chi connectivity index (χ3v) is 3.38. The van der Waals surface area contributed by atoms with E-state index < -0.39 is 0 Å². The average molecular weight is 239 g/mol. The molecule has 0 bridgehead atoms. The zero-order valence-electron chi connectivity index (χ0n) is 10.9. The minimum absolute atomic E-state index is 1.01. The van der Waals surface area contributed by atoms with Gasteiger partial charge in [-0.05, 0) is 30.9 Å². The number of anilines is 1. The quantitative estimate of drug-likeness (QED) is 0.698. The Balaban J connectivity index is 1.97. The number of hydrogen-bond acceptors (Lipinski definition) is 1. The van der Waals surface area contributed by atoms with E-state index in [4.69, 9.17) is 0 Å². The van der Waals surface area contributed by atoms with Crippen molar-refractivity contribution < 1.29 is 0 Å². The molecule has 0 saturated heterocycles. The molecule has 0 fully saturated rings. The molecule has 0 unspecified atom stereocenters. The van der Waals surface area contributed by atoms with Crippen LogP contribution in [0, 0.1) is 0 Å². The minimum Gasteiger partial charge on any atom is -0.371 e. The van der Waals surface area contributed by atoms with Crippen LogP contribution in [0.4, 0.5) is 5.69 Å². The second-order valence-corrected chi connectivity index (χ2v) is 4.72. The van der Waals surface area contributed by atoms with Gasteiger partial charge in [0.05, 0.1) is 0 Å². The molecule has 94 valence electrons. The van der Waals surface area contributed by atoms with Crippen molar-refractivity contribution in [1.29, 1.82) is 0 Å². The molecule has 0 aliphatic carbocycles. The van der Waals surface area contributed by atoms with Crippen molar-refractivity contribution in [2.75, 3.05) is 18.0 Å². The monoisotopic (exact) mass is 239 g/mol. The molecule has 1 heterocycles. The first-order valence-electron chi connectivity index (χ1n) is 6.61. The van der Waals surface area contributed by atoms with Gasteiger partial charge in [-0.15, -0.1) is 0 Å². The van der Waals surface area contributed by atoms with E-state index in [1.54, 1.807) is 6.08 Å². The predicted molar refractivity (Wildman–Crippen MR) is 80.1 cm³/mol. The van der Waals surface area contributed by atoms with Crippen LogP contribution in [0.3, 0.4) is 0 Å².